The van der Waals surface area contributed by atoms with Gasteiger partial charge in [0.05, 0.1) is 11.5 Å². The van der Waals surface area contributed by atoms with Crippen molar-refractivity contribution in [1.82, 2.24) is 4.90 Å². The molecule has 9 heteroatoms. The number of carboxylic acid groups (broad SMARTS) is 1. The highest BCUT2D eigenvalue weighted by molar-refractivity contribution is 7.93. The maximum Gasteiger partial charge on any atom is 0.325 e. The number of nitrogens with two attached hydrogens (primary N) is 1. The monoisotopic (exact) mass is 464 g/mol. The summed E-state index contributed by atoms with van der Waals surface area (Å²) in [5, 5.41) is 16.4. The summed E-state index contributed by atoms with van der Waals surface area (Å²) in [6.45, 7) is 4.14. The highest BCUT2D eigenvalue weighted by atomic mass is 32.2. The van der Waals surface area contributed by atoms with Crippen molar-refractivity contribution in [3.8, 4) is 5.75 Å². The molecule has 3 rings (SSSR count). The zero-order valence-electron chi connectivity index (χ0n) is 18.3. The number of ether oxygens (including phenoxy) is 1. The van der Waals surface area contributed by atoms with Gasteiger partial charge in [-0.05, 0) is 49.1 Å². The van der Waals surface area contributed by atoms with Crippen LogP contribution >= 0.6 is 0 Å². The fourth-order valence-corrected chi connectivity index (χ4v) is 5.68. The van der Waals surface area contributed by atoms with Gasteiger partial charge in [-0.2, -0.15) is 0 Å². The summed E-state index contributed by atoms with van der Waals surface area (Å²) in [5.41, 5.74) is 1.13. The van der Waals surface area contributed by atoms with Crippen LogP contribution in [0.2, 0.25) is 0 Å². The van der Waals surface area contributed by atoms with Crippen molar-refractivity contribution in [2.75, 3.05) is 19.7 Å². The number of rotatable bonds is 9. The molecule has 1 aliphatic heterocycles. The maximum atomic E-state index is 13.3. The summed E-state index contributed by atoms with van der Waals surface area (Å²) < 4.78 is 30.5. The van der Waals surface area contributed by atoms with E-state index in [0.29, 0.717) is 32.0 Å². The van der Waals surface area contributed by atoms with Crippen LogP contribution in [-0.4, -0.2) is 54.0 Å². The molecule has 1 aliphatic rings. The summed E-state index contributed by atoms with van der Waals surface area (Å²) in [4.78, 5) is 14.3. The normalized spacial score (nSPS) is 16.0. The minimum absolute atomic E-state index is 0.0317. The molecule has 0 bridgehead atoms. The van der Waals surface area contributed by atoms with Gasteiger partial charge in [0.2, 0.25) is 0 Å². The van der Waals surface area contributed by atoms with Crippen LogP contribution in [0.3, 0.4) is 0 Å². The second-order valence-corrected chi connectivity index (χ2v) is 10.00. The third kappa shape index (κ3) is 5.86. The lowest BCUT2D eigenvalue weighted by Crippen LogP contribution is -2.54. The Labute approximate surface area is 189 Å². The number of aliphatic carboxylic acids is 1. The maximum absolute atomic E-state index is 13.3. The summed E-state index contributed by atoms with van der Waals surface area (Å²) in [6.07, 6.45) is 2.05. The molecule has 0 aromatic heterocycles. The van der Waals surface area contributed by atoms with Crippen molar-refractivity contribution >= 4 is 15.8 Å². The molecule has 1 saturated heterocycles. The van der Waals surface area contributed by atoms with E-state index in [1.54, 1.807) is 12.1 Å². The van der Waals surface area contributed by atoms with Gasteiger partial charge in [-0.3, -0.25) is 9.69 Å². The van der Waals surface area contributed by atoms with E-state index in [0.717, 1.165) is 18.4 Å². The predicted molar refractivity (Wildman–Crippen MR) is 121 cm³/mol. The molecule has 4 N–H and O–H groups in total. The van der Waals surface area contributed by atoms with Crippen molar-refractivity contribution in [2.24, 2.45) is 5.90 Å². The van der Waals surface area contributed by atoms with E-state index in [1.807, 2.05) is 30.3 Å². The average Bonchev–Trinajstić information content (AvgIpc) is 2.82. The minimum atomic E-state index is -4.04. The number of benzene rings is 2. The number of sulfone groups is 1. The van der Waals surface area contributed by atoms with E-state index in [2.05, 4.69) is 17.7 Å². The molecule has 0 atom stereocenters. The molecule has 1 fully saturated rings. The fraction of sp³-hybridized carbons (Fsp3) is 0.435. The minimum Gasteiger partial charge on any atom is -0.494 e. The lowest BCUT2D eigenvalue weighted by molar-refractivity contribution is -0.141. The Kier molecular flexibility index (Phi) is 9.64. The van der Waals surface area contributed by atoms with Crippen LogP contribution in [0.1, 0.15) is 38.2 Å². The quantitative estimate of drug-likeness (QED) is 0.381. The predicted octanol–water partition coefficient (Wildman–Crippen LogP) is 3.09. The fourth-order valence-electron chi connectivity index (χ4n) is 3.79. The number of piperidine rings is 1. The molecule has 0 aliphatic carbocycles. The SMILES string of the molecule is CCCCOc1ccc(S(=O)(=O)C2(C(=O)O)CCN(Cc3ccccc3)CC2)cc1.NO. The van der Waals surface area contributed by atoms with Gasteiger partial charge in [0.1, 0.15) is 5.75 Å². The molecular formula is C23H32N2O6S. The van der Waals surface area contributed by atoms with Gasteiger partial charge in [0, 0.05) is 19.6 Å². The molecule has 176 valence electrons. The highest BCUT2D eigenvalue weighted by Crippen LogP contribution is 2.36. The molecule has 32 heavy (non-hydrogen) atoms. The van der Waals surface area contributed by atoms with E-state index < -0.39 is 20.6 Å². The molecular weight excluding hydrogens is 432 g/mol. The van der Waals surface area contributed by atoms with Crippen LogP contribution in [0.5, 0.6) is 5.75 Å². The molecule has 8 nitrogen and oxygen atoms in total. The van der Waals surface area contributed by atoms with Gasteiger partial charge >= 0.3 is 5.97 Å². The second-order valence-electron chi connectivity index (χ2n) is 7.74. The number of hydrogen-bond acceptors (Lipinski definition) is 7. The Balaban J connectivity index is 0.00000176. The summed E-state index contributed by atoms with van der Waals surface area (Å²) in [5.74, 6) is 2.81. The number of carbonyl (C=O) groups is 1. The number of carboxylic acids is 1. The van der Waals surface area contributed by atoms with E-state index in [1.165, 1.54) is 12.1 Å². The summed E-state index contributed by atoms with van der Waals surface area (Å²) in [6, 6.07) is 16.0. The van der Waals surface area contributed by atoms with Crippen LogP contribution in [0.15, 0.2) is 59.5 Å². The first-order valence-corrected chi connectivity index (χ1v) is 12.1. The smallest absolute Gasteiger partial charge is 0.325 e. The Hall–Kier alpha value is -2.46. The van der Waals surface area contributed by atoms with Crippen LogP contribution in [0, 0.1) is 0 Å². The van der Waals surface area contributed by atoms with Gasteiger partial charge in [-0.1, -0.05) is 43.7 Å². The van der Waals surface area contributed by atoms with Gasteiger partial charge in [-0.25, -0.2) is 14.3 Å². The standard InChI is InChI=1S/C23H29NO5S.H3NO/c1-2-3-17-29-20-9-11-21(12-10-20)30(27,28)23(22(25)26)13-15-24(16-14-23)18-19-7-5-4-6-8-19;1-2/h4-12H,2-3,13-18H2,1H3,(H,25,26);2H,1H2. The van der Waals surface area contributed by atoms with Crippen molar-refractivity contribution in [3.05, 3.63) is 60.2 Å². The third-order valence-electron chi connectivity index (χ3n) is 5.72. The first-order chi connectivity index (χ1) is 15.4. The van der Waals surface area contributed by atoms with E-state index in [4.69, 9.17) is 9.94 Å². The van der Waals surface area contributed by atoms with Gasteiger partial charge < -0.3 is 15.1 Å². The van der Waals surface area contributed by atoms with Crippen molar-refractivity contribution in [1.29, 1.82) is 0 Å². The molecule has 2 aromatic rings. The van der Waals surface area contributed by atoms with Gasteiger partial charge in [0.15, 0.2) is 14.6 Å². The summed E-state index contributed by atoms with van der Waals surface area (Å²) >= 11 is 0. The van der Waals surface area contributed by atoms with E-state index in [-0.39, 0.29) is 17.7 Å². The first-order valence-electron chi connectivity index (χ1n) is 10.6. The Morgan fingerprint density at radius 3 is 2.19 bits per heavy atom. The van der Waals surface area contributed by atoms with Gasteiger partial charge in [0.25, 0.3) is 0 Å². The van der Waals surface area contributed by atoms with Crippen molar-refractivity contribution in [3.63, 3.8) is 0 Å². The number of likely N-dealkylation sites (tertiary alicyclic amines) is 1. The molecule has 0 saturated carbocycles. The van der Waals surface area contributed by atoms with Crippen LogP contribution < -0.4 is 10.6 Å². The zero-order chi connectivity index (χ0) is 23.6. The highest BCUT2D eigenvalue weighted by Gasteiger charge is 2.53. The number of nitrogens with zero attached hydrogens (tertiary/aromatic N) is 1. The summed E-state index contributed by atoms with van der Waals surface area (Å²) in [7, 11) is -4.04. The molecule has 1 heterocycles. The third-order valence-corrected chi connectivity index (χ3v) is 8.22. The van der Waals surface area contributed by atoms with Crippen molar-refractivity contribution < 1.29 is 28.3 Å². The topological polar surface area (TPSA) is 130 Å². The largest absolute Gasteiger partial charge is 0.494 e. The Morgan fingerprint density at radius 2 is 1.66 bits per heavy atom. The van der Waals surface area contributed by atoms with E-state index in [9.17, 15) is 18.3 Å². The Bertz CT molecular complexity index is 940. The molecule has 0 unspecified atom stereocenters. The Morgan fingerprint density at radius 1 is 1.06 bits per heavy atom. The van der Waals surface area contributed by atoms with Crippen LogP contribution in [0.25, 0.3) is 0 Å². The lowest BCUT2D eigenvalue weighted by atomic mass is 9.95. The second kappa shape index (κ2) is 12.0. The first kappa shape index (κ1) is 25.8. The molecule has 0 amide bonds. The molecule has 0 radical (unpaired) electrons. The number of unbranched alkanes of at least 4 members (excludes halogenated alkanes) is 1. The molecule has 0 spiro atoms. The van der Waals surface area contributed by atoms with Crippen LogP contribution in [0.4, 0.5) is 0 Å². The number of hydrogen-bond donors (Lipinski definition) is 3. The molecule has 2 aromatic carbocycles. The lowest BCUT2D eigenvalue weighted by Gasteiger charge is -2.38. The van der Waals surface area contributed by atoms with Gasteiger partial charge in [-0.15, -0.1) is 0 Å². The van der Waals surface area contributed by atoms with Crippen molar-refractivity contribution in [2.45, 2.75) is 48.8 Å². The zero-order valence-corrected chi connectivity index (χ0v) is 19.1. The average molecular weight is 465 g/mol. The van der Waals surface area contributed by atoms with E-state index >= 15 is 0 Å². The van der Waals surface area contributed by atoms with Crippen LogP contribution in [-0.2, 0) is 21.2 Å².